The van der Waals surface area contributed by atoms with Gasteiger partial charge in [0.15, 0.2) is 0 Å². The Labute approximate surface area is 173 Å². The van der Waals surface area contributed by atoms with Crippen LogP contribution in [0.3, 0.4) is 0 Å². The lowest BCUT2D eigenvalue weighted by Crippen LogP contribution is -2.42. The van der Waals surface area contributed by atoms with E-state index in [1.54, 1.807) is 5.70 Å². The summed E-state index contributed by atoms with van der Waals surface area (Å²) >= 11 is 0. The van der Waals surface area contributed by atoms with Crippen molar-refractivity contribution in [2.24, 2.45) is 0 Å². The number of allylic oxidation sites excluding steroid dienone is 1. The van der Waals surface area contributed by atoms with Gasteiger partial charge in [-0.15, -0.1) is 0 Å². The van der Waals surface area contributed by atoms with Crippen molar-refractivity contribution < 1.29 is 0 Å². The maximum atomic E-state index is 3.84. The van der Waals surface area contributed by atoms with E-state index < -0.39 is 0 Å². The summed E-state index contributed by atoms with van der Waals surface area (Å²) in [5.41, 5.74) is 4.56. The van der Waals surface area contributed by atoms with Crippen LogP contribution in [0.25, 0.3) is 6.08 Å². The van der Waals surface area contributed by atoms with E-state index in [0.717, 1.165) is 6.04 Å². The van der Waals surface area contributed by atoms with E-state index in [2.05, 4.69) is 54.4 Å². The monoisotopic (exact) mass is 382 g/mol. The van der Waals surface area contributed by atoms with E-state index in [0.29, 0.717) is 5.92 Å². The summed E-state index contributed by atoms with van der Waals surface area (Å²) in [6.07, 6.45) is 17.5. The first-order valence-electron chi connectivity index (χ1n) is 12.1. The van der Waals surface area contributed by atoms with Crippen molar-refractivity contribution in [1.82, 2.24) is 10.2 Å². The van der Waals surface area contributed by atoms with Crippen LogP contribution in [0.5, 0.6) is 0 Å². The molecule has 0 saturated carbocycles. The van der Waals surface area contributed by atoms with Crippen molar-refractivity contribution in [3.05, 3.63) is 41.1 Å². The Bertz CT molecular complexity index is 598. The van der Waals surface area contributed by atoms with Crippen LogP contribution < -0.4 is 5.32 Å². The SMILES string of the molecule is CCCCCCCCCCNC1CCN(C2=Cc3ccccc3C2CC)CC1. The summed E-state index contributed by atoms with van der Waals surface area (Å²) in [5.74, 6) is 0.609. The van der Waals surface area contributed by atoms with Crippen LogP contribution >= 0.6 is 0 Å². The Hall–Kier alpha value is -1.28. The molecule has 1 N–H and O–H groups in total. The number of unbranched alkanes of at least 4 members (excludes halogenated alkanes) is 7. The molecule has 0 bridgehead atoms. The van der Waals surface area contributed by atoms with E-state index in [1.165, 1.54) is 101 Å². The molecule has 0 radical (unpaired) electrons. The molecule has 1 saturated heterocycles. The van der Waals surface area contributed by atoms with Crippen LogP contribution in [0.2, 0.25) is 0 Å². The van der Waals surface area contributed by atoms with Gasteiger partial charge in [0.25, 0.3) is 0 Å². The molecule has 0 amide bonds. The number of nitrogens with one attached hydrogen (secondary N) is 1. The maximum absolute atomic E-state index is 3.84. The smallest absolute Gasteiger partial charge is 0.0243 e. The normalized spacial score (nSPS) is 19.7. The van der Waals surface area contributed by atoms with Gasteiger partial charge in [-0.1, -0.05) is 83.1 Å². The zero-order chi connectivity index (χ0) is 19.6. The maximum Gasteiger partial charge on any atom is 0.0243 e. The predicted octanol–water partition coefficient (Wildman–Crippen LogP) is 6.73. The summed E-state index contributed by atoms with van der Waals surface area (Å²) < 4.78 is 0. The van der Waals surface area contributed by atoms with Gasteiger partial charge >= 0.3 is 0 Å². The van der Waals surface area contributed by atoms with E-state index in [4.69, 9.17) is 0 Å². The molecule has 1 aromatic rings. The molecule has 1 atom stereocenters. The number of rotatable bonds is 12. The molecule has 3 rings (SSSR count). The van der Waals surface area contributed by atoms with Crippen LogP contribution in [0.15, 0.2) is 30.0 Å². The van der Waals surface area contributed by atoms with E-state index >= 15 is 0 Å². The molecule has 2 aliphatic rings. The Morgan fingerprint density at radius 3 is 2.29 bits per heavy atom. The number of hydrogen-bond donors (Lipinski definition) is 1. The lowest BCUT2D eigenvalue weighted by molar-refractivity contribution is 0.232. The molecule has 1 unspecified atom stereocenters. The molecule has 0 spiro atoms. The average molecular weight is 383 g/mol. The molecule has 1 aromatic carbocycles. The van der Waals surface area contributed by atoms with Crippen LogP contribution in [-0.4, -0.2) is 30.6 Å². The first kappa shape index (κ1) is 21.4. The zero-order valence-electron chi connectivity index (χ0n) is 18.4. The average Bonchev–Trinajstić information content (AvgIpc) is 3.11. The third-order valence-electron chi connectivity index (χ3n) is 6.76. The fraction of sp³-hybridized carbons (Fsp3) is 0.692. The number of fused-ring (bicyclic) bond motifs is 1. The Morgan fingerprint density at radius 1 is 0.893 bits per heavy atom. The van der Waals surface area contributed by atoms with E-state index in [9.17, 15) is 0 Å². The van der Waals surface area contributed by atoms with Gasteiger partial charge in [-0.3, -0.25) is 0 Å². The predicted molar refractivity (Wildman–Crippen MR) is 123 cm³/mol. The number of likely N-dealkylation sites (tertiary alicyclic amines) is 1. The summed E-state index contributed by atoms with van der Waals surface area (Å²) in [7, 11) is 0. The van der Waals surface area contributed by atoms with Gasteiger partial charge in [-0.25, -0.2) is 0 Å². The molecule has 156 valence electrons. The molecular weight excluding hydrogens is 340 g/mol. The van der Waals surface area contributed by atoms with Gasteiger partial charge < -0.3 is 10.2 Å². The molecule has 0 aromatic heterocycles. The van der Waals surface area contributed by atoms with Crippen molar-refractivity contribution in [3.63, 3.8) is 0 Å². The molecule has 1 aliphatic heterocycles. The quantitative estimate of drug-likeness (QED) is 0.403. The zero-order valence-corrected chi connectivity index (χ0v) is 18.4. The topological polar surface area (TPSA) is 15.3 Å². The molecular formula is C26H42N2. The highest BCUT2D eigenvalue weighted by Gasteiger charge is 2.29. The second-order valence-electron chi connectivity index (χ2n) is 8.85. The fourth-order valence-electron chi connectivity index (χ4n) is 5.03. The van der Waals surface area contributed by atoms with Gasteiger partial charge in [0.2, 0.25) is 0 Å². The Balaban J connectivity index is 1.31. The highest BCUT2D eigenvalue weighted by molar-refractivity contribution is 5.66. The van der Waals surface area contributed by atoms with Crippen LogP contribution in [-0.2, 0) is 0 Å². The van der Waals surface area contributed by atoms with Crippen LogP contribution in [0.4, 0.5) is 0 Å². The van der Waals surface area contributed by atoms with E-state index in [-0.39, 0.29) is 0 Å². The fourth-order valence-corrected chi connectivity index (χ4v) is 5.03. The van der Waals surface area contributed by atoms with Crippen LogP contribution in [0, 0.1) is 0 Å². The summed E-state index contributed by atoms with van der Waals surface area (Å²) in [6.45, 7) is 8.27. The van der Waals surface area contributed by atoms with Crippen LogP contribution in [0.1, 0.15) is 102 Å². The molecule has 1 fully saturated rings. The lowest BCUT2D eigenvalue weighted by Gasteiger charge is -2.37. The van der Waals surface area contributed by atoms with Crippen molar-refractivity contribution in [1.29, 1.82) is 0 Å². The number of nitrogens with zero attached hydrogens (tertiary/aromatic N) is 1. The lowest BCUT2D eigenvalue weighted by atomic mass is 9.94. The Kier molecular flexibility index (Phi) is 8.92. The number of piperidine rings is 1. The summed E-state index contributed by atoms with van der Waals surface area (Å²) in [5, 5.41) is 3.84. The van der Waals surface area contributed by atoms with Crippen molar-refractivity contribution in [3.8, 4) is 0 Å². The highest BCUT2D eigenvalue weighted by Crippen LogP contribution is 2.40. The third kappa shape index (κ3) is 5.86. The minimum Gasteiger partial charge on any atom is -0.374 e. The third-order valence-corrected chi connectivity index (χ3v) is 6.76. The largest absolute Gasteiger partial charge is 0.374 e. The summed E-state index contributed by atoms with van der Waals surface area (Å²) in [4.78, 5) is 2.67. The highest BCUT2D eigenvalue weighted by atomic mass is 15.2. The minimum absolute atomic E-state index is 0.609. The van der Waals surface area contributed by atoms with Crippen molar-refractivity contribution in [2.75, 3.05) is 19.6 Å². The minimum atomic E-state index is 0.609. The van der Waals surface area contributed by atoms with Gasteiger partial charge in [0.05, 0.1) is 0 Å². The van der Waals surface area contributed by atoms with Crippen molar-refractivity contribution >= 4 is 6.08 Å². The van der Waals surface area contributed by atoms with Gasteiger partial charge in [-0.2, -0.15) is 0 Å². The first-order valence-corrected chi connectivity index (χ1v) is 12.1. The standard InChI is InChI=1S/C26H42N2/c1-3-5-6-7-8-9-10-13-18-27-23-16-19-28(20-17-23)26-21-22-14-11-12-15-25(22)24(26)4-2/h11-12,14-15,21,23-24,27H,3-10,13,16-20H2,1-2H3. The van der Waals surface area contributed by atoms with Gasteiger partial charge in [-0.05, 0) is 49.4 Å². The molecule has 2 nitrogen and oxygen atoms in total. The molecule has 2 heteroatoms. The first-order chi connectivity index (χ1) is 13.8. The van der Waals surface area contributed by atoms with Crippen molar-refractivity contribution in [2.45, 2.75) is 96.4 Å². The summed E-state index contributed by atoms with van der Waals surface area (Å²) in [6, 6.07) is 9.70. The molecule has 28 heavy (non-hydrogen) atoms. The number of benzene rings is 1. The molecule has 1 heterocycles. The van der Waals surface area contributed by atoms with Gasteiger partial charge in [0.1, 0.15) is 0 Å². The Morgan fingerprint density at radius 2 is 1.57 bits per heavy atom. The van der Waals surface area contributed by atoms with Gasteiger partial charge in [0, 0.05) is 30.7 Å². The second kappa shape index (κ2) is 11.7. The number of hydrogen-bond acceptors (Lipinski definition) is 2. The second-order valence-corrected chi connectivity index (χ2v) is 8.85. The van der Waals surface area contributed by atoms with E-state index in [1.807, 2.05) is 0 Å². The molecule has 1 aliphatic carbocycles.